The van der Waals surface area contributed by atoms with Gasteiger partial charge in [0.05, 0.1) is 11.0 Å². The van der Waals surface area contributed by atoms with E-state index in [2.05, 4.69) is 4.72 Å². The van der Waals surface area contributed by atoms with Gasteiger partial charge in [-0.05, 0) is 37.8 Å². The van der Waals surface area contributed by atoms with Gasteiger partial charge in [0.15, 0.2) is 4.90 Å². The average Bonchev–Trinajstić information content (AvgIpc) is 2.40. The summed E-state index contributed by atoms with van der Waals surface area (Å²) in [5.74, 6) is 0. The van der Waals surface area contributed by atoms with Crippen LogP contribution in [0.5, 0.6) is 0 Å². The molecular weight excluding hydrogens is 320 g/mol. The summed E-state index contributed by atoms with van der Waals surface area (Å²) in [5.41, 5.74) is -0.550. The molecule has 1 aliphatic rings. The first-order chi connectivity index (χ1) is 9.79. The van der Waals surface area contributed by atoms with Crippen LogP contribution in [0.4, 0.5) is 5.69 Å². The van der Waals surface area contributed by atoms with Crippen molar-refractivity contribution in [2.75, 3.05) is 0 Å². The topological polar surface area (TPSA) is 110 Å². The van der Waals surface area contributed by atoms with Crippen LogP contribution in [0.25, 0.3) is 0 Å². The number of sulfonamides is 1. The summed E-state index contributed by atoms with van der Waals surface area (Å²) in [6.45, 7) is 0. The molecule has 116 valence electrons. The van der Waals surface area contributed by atoms with Crippen LogP contribution in [0, 0.1) is 10.1 Å². The molecule has 0 atom stereocenters. The summed E-state index contributed by atoms with van der Waals surface area (Å²) < 4.78 is 27.1. The number of nitrogens with one attached hydrogen (secondary N) is 1. The molecule has 0 radical (unpaired) electrons. The van der Waals surface area contributed by atoms with Crippen molar-refractivity contribution in [2.45, 2.75) is 42.7 Å². The summed E-state index contributed by atoms with van der Waals surface area (Å²) in [5, 5.41) is 20.5. The van der Waals surface area contributed by atoms with Gasteiger partial charge in [-0.15, -0.1) is 0 Å². The Morgan fingerprint density at radius 3 is 2.48 bits per heavy atom. The zero-order chi connectivity index (χ0) is 15.6. The highest BCUT2D eigenvalue weighted by Crippen LogP contribution is 2.28. The second-order valence-corrected chi connectivity index (χ2v) is 7.11. The van der Waals surface area contributed by atoms with Crippen molar-refractivity contribution >= 4 is 27.3 Å². The van der Waals surface area contributed by atoms with Crippen LogP contribution < -0.4 is 4.72 Å². The minimum atomic E-state index is -4.00. The molecule has 2 N–H and O–H groups in total. The molecule has 0 aromatic heterocycles. The molecule has 0 saturated heterocycles. The molecule has 1 saturated carbocycles. The van der Waals surface area contributed by atoms with Crippen molar-refractivity contribution in [1.29, 1.82) is 0 Å². The second kappa shape index (κ2) is 6.27. The first-order valence-electron chi connectivity index (χ1n) is 6.44. The molecule has 7 nitrogen and oxygen atoms in total. The number of nitrogens with zero attached hydrogens (tertiary/aromatic N) is 1. The number of hydrogen-bond donors (Lipinski definition) is 2. The summed E-state index contributed by atoms with van der Waals surface area (Å²) in [6, 6.07) is 3.11. The average molecular weight is 335 g/mol. The van der Waals surface area contributed by atoms with Gasteiger partial charge in [-0.1, -0.05) is 11.6 Å². The molecule has 1 aromatic carbocycles. The van der Waals surface area contributed by atoms with Crippen LogP contribution in [0.3, 0.4) is 0 Å². The molecule has 1 aliphatic carbocycles. The van der Waals surface area contributed by atoms with E-state index in [-0.39, 0.29) is 11.1 Å². The molecule has 21 heavy (non-hydrogen) atoms. The fraction of sp³-hybridized carbons (Fsp3) is 0.500. The molecule has 1 fully saturated rings. The number of nitro benzene ring substituents is 1. The lowest BCUT2D eigenvalue weighted by Crippen LogP contribution is -2.38. The van der Waals surface area contributed by atoms with E-state index in [0.29, 0.717) is 25.7 Å². The van der Waals surface area contributed by atoms with E-state index >= 15 is 0 Å². The molecule has 1 aromatic rings. The standard InChI is InChI=1S/C12H15ClN2O5S/c13-8-1-6-12(11(7-8)15(17)18)21(19,20)14-9-2-4-10(16)5-3-9/h1,6-7,9-10,14,16H,2-5H2. The maximum Gasteiger partial charge on any atom is 0.290 e. The monoisotopic (exact) mass is 334 g/mol. The van der Waals surface area contributed by atoms with Gasteiger partial charge in [-0.2, -0.15) is 0 Å². The normalized spacial score (nSPS) is 23.0. The predicted octanol–water partition coefficient (Wildman–Crippen LogP) is 1.83. The van der Waals surface area contributed by atoms with Crippen molar-refractivity contribution in [1.82, 2.24) is 4.72 Å². The third-order valence-corrected chi connectivity index (χ3v) is 5.23. The summed E-state index contributed by atoms with van der Waals surface area (Å²) in [7, 11) is -4.00. The number of aliphatic hydroxyl groups is 1. The molecule has 9 heteroatoms. The van der Waals surface area contributed by atoms with Crippen LogP contribution in [-0.4, -0.2) is 30.6 Å². The Kier molecular flexibility index (Phi) is 4.82. The highest BCUT2D eigenvalue weighted by Gasteiger charge is 2.30. The van der Waals surface area contributed by atoms with Gasteiger partial charge < -0.3 is 5.11 Å². The largest absolute Gasteiger partial charge is 0.393 e. The van der Waals surface area contributed by atoms with Crippen molar-refractivity contribution < 1.29 is 18.4 Å². The molecule has 0 spiro atoms. The molecule has 2 rings (SSSR count). The maximum absolute atomic E-state index is 12.3. The molecule has 0 aliphatic heterocycles. The number of rotatable bonds is 4. The van der Waals surface area contributed by atoms with E-state index in [1.165, 1.54) is 6.07 Å². The lowest BCUT2D eigenvalue weighted by atomic mass is 9.94. The smallest absolute Gasteiger partial charge is 0.290 e. The van der Waals surface area contributed by atoms with Gasteiger partial charge in [0.2, 0.25) is 10.0 Å². The van der Waals surface area contributed by atoms with Crippen molar-refractivity contribution in [3.63, 3.8) is 0 Å². The fourth-order valence-electron chi connectivity index (χ4n) is 2.34. The van der Waals surface area contributed by atoms with E-state index in [4.69, 9.17) is 11.6 Å². The molecule has 0 amide bonds. The third-order valence-electron chi connectivity index (χ3n) is 3.43. The summed E-state index contributed by atoms with van der Waals surface area (Å²) in [6.07, 6.45) is 1.62. The predicted molar refractivity (Wildman–Crippen MR) is 76.7 cm³/mol. The van der Waals surface area contributed by atoms with E-state index < -0.39 is 31.6 Å². The van der Waals surface area contributed by atoms with E-state index in [1.54, 1.807) is 0 Å². The number of benzene rings is 1. The Morgan fingerprint density at radius 1 is 1.29 bits per heavy atom. The second-order valence-electron chi connectivity index (χ2n) is 5.00. The van der Waals surface area contributed by atoms with Crippen LogP contribution in [0.15, 0.2) is 23.1 Å². The number of aliphatic hydroxyl groups excluding tert-OH is 1. The highest BCUT2D eigenvalue weighted by atomic mass is 35.5. The molecule has 0 unspecified atom stereocenters. The van der Waals surface area contributed by atoms with Gasteiger partial charge in [0.1, 0.15) is 0 Å². The van der Waals surface area contributed by atoms with Crippen molar-refractivity contribution in [3.8, 4) is 0 Å². The molecular formula is C12H15ClN2O5S. The Balaban J connectivity index is 2.25. The van der Waals surface area contributed by atoms with Crippen LogP contribution in [0.1, 0.15) is 25.7 Å². The fourth-order valence-corrected chi connectivity index (χ4v) is 3.96. The Morgan fingerprint density at radius 2 is 1.90 bits per heavy atom. The van der Waals surface area contributed by atoms with Gasteiger partial charge >= 0.3 is 0 Å². The van der Waals surface area contributed by atoms with Crippen LogP contribution in [0.2, 0.25) is 5.02 Å². The zero-order valence-electron chi connectivity index (χ0n) is 11.0. The van der Waals surface area contributed by atoms with Gasteiger partial charge in [-0.25, -0.2) is 13.1 Å². The lowest BCUT2D eigenvalue weighted by molar-refractivity contribution is -0.387. The summed E-state index contributed by atoms with van der Waals surface area (Å²) in [4.78, 5) is 9.80. The first-order valence-corrected chi connectivity index (χ1v) is 8.30. The Bertz CT molecular complexity index is 641. The number of hydrogen-bond acceptors (Lipinski definition) is 5. The third kappa shape index (κ3) is 3.91. The van der Waals surface area contributed by atoms with Crippen LogP contribution >= 0.6 is 11.6 Å². The number of nitro groups is 1. The molecule has 0 bridgehead atoms. The van der Waals surface area contributed by atoms with Gasteiger partial charge in [0, 0.05) is 17.1 Å². The van der Waals surface area contributed by atoms with Crippen LogP contribution in [-0.2, 0) is 10.0 Å². The van der Waals surface area contributed by atoms with E-state index in [0.717, 1.165) is 12.1 Å². The minimum Gasteiger partial charge on any atom is -0.393 e. The molecule has 0 heterocycles. The number of halogens is 1. The zero-order valence-corrected chi connectivity index (χ0v) is 12.6. The Labute approximate surface area is 127 Å². The maximum atomic E-state index is 12.3. The minimum absolute atomic E-state index is 0.0986. The van der Waals surface area contributed by atoms with Crippen molar-refractivity contribution in [3.05, 3.63) is 33.3 Å². The summed E-state index contributed by atoms with van der Waals surface area (Å²) >= 11 is 5.67. The van der Waals surface area contributed by atoms with Gasteiger partial charge in [-0.3, -0.25) is 10.1 Å². The van der Waals surface area contributed by atoms with E-state index in [1.807, 2.05) is 0 Å². The van der Waals surface area contributed by atoms with Crippen molar-refractivity contribution in [2.24, 2.45) is 0 Å². The first kappa shape index (κ1) is 16.2. The highest BCUT2D eigenvalue weighted by molar-refractivity contribution is 7.89. The van der Waals surface area contributed by atoms with Gasteiger partial charge in [0.25, 0.3) is 5.69 Å². The lowest BCUT2D eigenvalue weighted by Gasteiger charge is -2.25. The van der Waals surface area contributed by atoms with E-state index in [9.17, 15) is 23.6 Å². The SMILES string of the molecule is O=[N+]([O-])c1cc(Cl)ccc1S(=O)(=O)NC1CCC(O)CC1. The quantitative estimate of drug-likeness (QED) is 0.644. The Hall–Kier alpha value is -1.22.